The summed E-state index contributed by atoms with van der Waals surface area (Å²) in [6.07, 6.45) is 4.46. The molecule has 0 radical (unpaired) electrons. The third-order valence-corrected chi connectivity index (χ3v) is 3.72. The molecule has 0 unspecified atom stereocenters. The van der Waals surface area contributed by atoms with Crippen LogP contribution in [0.5, 0.6) is 0 Å². The monoisotopic (exact) mass is 410 g/mol. The minimum Gasteiger partial charge on any atom is -0.375 e. The van der Waals surface area contributed by atoms with E-state index >= 15 is 0 Å². The topological polar surface area (TPSA) is 44.5 Å². The molecule has 1 aromatic rings. The zero-order chi connectivity index (χ0) is 17.1. The number of nitrogens with two attached hydrogens (primary N) is 1. The average molecular weight is 411 g/mol. The van der Waals surface area contributed by atoms with E-state index in [0.717, 1.165) is 0 Å². The minimum atomic E-state index is -1.42. The van der Waals surface area contributed by atoms with E-state index in [1.807, 2.05) is 0 Å². The molecule has 1 aliphatic heterocycles. The second-order valence-electron chi connectivity index (χ2n) is 4.52. The number of hydrazine groups is 1. The lowest BCUT2D eigenvalue weighted by molar-refractivity contribution is 0.383. The van der Waals surface area contributed by atoms with E-state index in [0.29, 0.717) is 4.61 Å². The predicted molar refractivity (Wildman–Crippen MR) is 84.6 cm³/mol. The fourth-order valence-corrected chi connectivity index (χ4v) is 2.53. The van der Waals surface area contributed by atoms with Gasteiger partial charge in [0.1, 0.15) is 4.61 Å². The molecule has 0 aliphatic carbocycles. The Hall–Kier alpha value is -1.81. The van der Waals surface area contributed by atoms with Crippen molar-refractivity contribution in [2.24, 2.45) is 5.73 Å². The predicted octanol–water partition coefficient (Wildman–Crippen LogP) is 2.82. The van der Waals surface area contributed by atoms with Crippen LogP contribution in [0.3, 0.4) is 0 Å². The molecule has 2 rings (SSSR count). The number of hydrogen-bond donors (Lipinski definition) is 2. The van der Waals surface area contributed by atoms with Gasteiger partial charge in [-0.15, -0.1) is 0 Å². The van der Waals surface area contributed by atoms with Crippen LogP contribution in [0.2, 0.25) is 0 Å². The van der Waals surface area contributed by atoms with E-state index in [-0.39, 0.29) is 24.1 Å². The smallest absolute Gasteiger partial charge is 0.183 e. The molecule has 3 N–H and O–H groups in total. The Bertz CT molecular complexity index is 669. The van der Waals surface area contributed by atoms with Gasteiger partial charge in [-0.25, -0.2) is 17.6 Å². The molecule has 1 heterocycles. The highest BCUT2D eigenvalue weighted by molar-refractivity contribution is 9.11. The van der Waals surface area contributed by atoms with Gasteiger partial charge in [-0.05, 0) is 34.6 Å². The van der Waals surface area contributed by atoms with E-state index in [1.165, 1.54) is 5.01 Å². The molecular weight excluding hydrogens is 400 g/mol. The Morgan fingerprint density at radius 1 is 1.17 bits per heavy atom. The van der Waals surface area contributed by atoms with Crippen LogP contribution >= 0.6 is 28.1 Å². The Labute approximate surface area is 143 Å². The molecule has 1 aromatic carbocycles. The van der Waals surface area contributed by atoms with Crippen molar-refractivity contribution in [3.8, 4) is 0 Å². The van der Waals surface area contributed by atoms with Crippen molar-refractivity contribution in [3.05, 3.63) is 58.1 Å². The summed E-state index contributed by atoms with van der Waals surface area (Å²) in [4.78, 5) is 1.58. The molecule has 0 atom stereocenters. The van der Waals surface area contributed by atoms with Crippen LogP contribution in [-0.2, 0) is 6.42 Å². The maximum absolute atomic E-state index is 13.6. The van der Waals surface area contributed by atoms with Gasteiger partial charge in [-0.3, -0.25) is 10.4 Å². The number of nitrogens with zero attached hydrogens (tertiary/aromatic N) is 2. The number of hydrogen-bond acceptors (Lipinski definition) is 3. The van der Waals surface area contributed by atoms with E-state index in [2.05, 4.69) is 21.4 Å². The summed E-state index contributed by atoms with van der Waals surface area (Å²) < 4.78 is 54.1. The van der Waals surface area contributed by atoms with Gasteiger partial charge in [0, 0.05) is 30.6 Å². The zero-order valence-corrected chi connectivity index (χ0v) is 13.9. The first-order valence-corrected chi connectivity index (χ1v) is 7.48. The Morgan fingerprint density at radius 3 is 2.30 bits per heavy atom. The Balaban J connectivity index is 2.08. The summed E-state index contributed by atoms with van der Waals surface area (Å²) in [5.74, 6) is -5.62. The summed E-state index contributed by atoms with van der Waals surface area (Å²) in [5.41, 5.74) is 7.34. The maximum Gasteiger partial charge on any atom is 0.183 e. The normalized spacial score (nSPS) is 14.0. The number of rotatable bonds is 4. The molecular formula is C13H11BrF4N4S. The number of nitrogens with one attached hydrogen (secondary N) is 1. The molecule has 0 saturated carbocycles. The third kappa shape index (κ3) is 4.14. The van der Waals surface area contributed by atoms with E-state index in [4.69, 9.17) is 18.0 Å². The third-order valence-electron chi connectivity index (χ3n) is 2.97. The summed E-state index contributed by atoms with van der Waals surface area (Å²) in [5, 5.41) is 1.52. The number of halogens is 5. The molecule has 0 bridgehead atoms. The highest BCUT2D eigenvalue weighted by atomic mass is 79.9. The molecule has 124 valence electrons. The van der Waals surface area contributed by atoms with Crippen LogP contribution < -0.4 is 11.2 Å². The van der Waals surface area contributed by atoms with Gasteiger partial charge >= 0.3 is 0 Å². The van der Waals surface area contributed by atoms with Gasteiger partial charge in [-0.2, -0.15) is 0 Å². The molecule has 10 heteroatoms. The highest BCUT2D eigenvalue weighted by Crippen LogP contribution is 2.23. The summed E-state index contributed by atoms with van der Waals surface area (Å²) >= 11 is 7.95. The molecule has 0 fully saturated rings. The van der Waals surface area contributed by atoms with Crippen molar-refractivity contribution < 1.29 is 17.6 Å². The SMILES string of the molecule is NC(=S)NN1C=CN(CCc2c(F)c(F)cc(F)c2F)C(Br)=C1. The van der Waals surface area contributed by atoms with Gasteiger partial charge in [0.25, 0.3) is 0 Å². The molecule has 0 spiro atoms. The van der Waals surface area contributed by atoms with Crippen molar-refractivity contribution in [3.63, 3.8) is 0 Å². The van der Waals surface area contributed by atoms with E-state index in [1.54, 1.807) is 23.5 Å². The molecule has 0 amide bonds. The Kier molecular flexibility index (Phi) is 5.47. The van der Waals surface area contributed by atoms with Crippen LogP contribution in [0.25, 0.3) is 0 Å². The van der Waals surface area contributed by atoms with Crippen LogP contribution in [0.1, 0.15) is 5.56 Å². The van der Waals surface area contributed by atoms with Gasteiger partial charge in [0.05, 0.1) is 6.20 Å². The summed E-state index contributed by atoms with van der Waals surface area (Å²) in [6, 6.07) is 0.185. The first-order chi connectivity index (χ1) is 10.8. The second kappa shape index (κ2) is 7.18. The van der Waals surface area contributed by atoms with Gasteiger partial charge < -0.3 is 10.6 Å². The fraction of sp³-hybridized carbons (Fsp3) is 0.154. The maximum atomic E-state index is 13.6. The van der Waals surface area contributed by atoms with E-state index in [9.17, 15) is 17.6 Å². The molecule has 4 nitrogen and oxygen atoms in total. The standard InChI is InChI=1S/C13H11BrF4N4S/c14-10-6-22(20-13(19)23)4-3-21(10)2-1-7-11(17)8(15)5-9(16)12(7)18/h3-6H,1-2H2,(H3,19,20,23). The first-order valence-electron chi connectivity index (χ1n) is 6.28. The quantitative estimate of drug-likeness (QED) is 0.346. The van der Waals surface area contributed by atoms with Crippen LogP contribution in [0, 0.1) is 23.3 Å². The van der Waals surface area contributed by atoms with Gasteiger partial charge in [-0.1, -0.05) is 0 Å². The summed E-state index contributed by atoms with van der Waals surface area (Å²) in [6.45, 7) is 0.0885. The van der Waals surface area contributed by atoms with Gasteiger partial charge in [0.2, 0.25) is 0 Å². The van der Waals surface area contributed by atoms with Gasteiger partial charge in [0.15, 0.2) is 28.4 Å². The molecule has 0 saturated heterocycles. The Morgan fingerprint density at radius 2 is 1.78 bits per heavy atom. The fourth-order valence-electron chi connectivity index (χ4n) is 1.91. The van der Waals surface area contributed by atoms with Crippen LogP contribution in [-0.4, -0.2) is 21.6 Å². The summed E-state index contributed by atoms with van der Waals surface area (Å²) in [7, 11) is 0. The zero-order valence-electron chi connectivity index (χ0n) is 11.5. The van der Waals surface area contributed by atoms with Crippen molar-refractivity contribution in [1.82, 2.24) is 15.3 Å². The van der Waals surface area contributed by atoms with E-state index < -0.39 is 28.8 Å². The largest absolute Gasteiger partial charge is 0.375 e. The molecule has 23 heavy (non-hydrogen) atoms. The molecule has 1 aliphatic rings. The second-order valence-corrected chi connectivity index (χ2v) is 5.78. The van der Waals surface area contributed by atoms with Crippen LogP contribution in [0.15, 0.2) is 29.3 Å². The van der Waals surface area contributed by atoms with Crippen molar-refractivity contribution in [2.75, 3.05) is 6.54 Å². The number of benzene rings is 1. The first kappa shape index (κ1) is 17.5. The minimum absolute atomic E-state index is 0.0547. The van der Waals surface area contributed by atoms with Crippen molar-refractivity contribution in [2.45, 2.75) is 6.42 Å². The highest BCUT2D eigenvalue weighted by Gasteiger charge is 2.20. The lowest BCUT2D eigenvalue weighted by Crippen LogP contribution is -2.40. The van der Waals surface area contributed by atoms with Crippen molar-refractivity contribution >= 4 is 33.3 Å². The van der Waals surface area contributed by atoms with Crippen molar-refractivity contribution in [1.29, 1.82) is 0 Å². The van der Waals surface area contributed by atoms with Crippen LogP contribution in [0.4, 0.5) is 17.6 Å². The average Bonchev–Trinajstić information content (AvgIpc) is 2.46. The lowest BCUT2D eigenvalue weighted by atomic mass is 10.1. The lowest BCUT2D eigenvalue weighted by Gasteiger charge is -2.28. The molecule has 0 aromatic heterocycles. The number of thiocarbonyl (C=S) groups is 1.